The number of methoxy groups -OCH3 is 2. The Morgan fingerprint density at radius 2 is 2.11 bits per heavy atom. The van der Waals surface area contributed by atoms with Gasteiger partial charge in [0.1, 0.15) is 6.04 Å². The molecule has 2 aromatic rings. The topological polar surface area (TPSA) is 128 Å². The second kappa shape index (κ2) is 9.68. The first-order valence-corrected chi connectivity index (χ1v) is 9.19. The second-order valence-electron chi connectivity index (χ2n) is 5.56. The number of nitrogens with two attached hydrogens (primary N) is 1. The summed E-state index contributed by atoms with van der Waals surface area (Å²) in [6, 6.07) is 7.05. The molecule has 0 aliphatic heterocycles. The fraction of sp³-hybridized carbons (Fsp3) is 0.412. The molecule has 1 aromatic heterocycles. The highest BCUT2D eigenvalue weighted by molar-refractivity contribution is 7.99. The van der Waals surface area contributed by atoms with Crippen LogP contribution in [0.15, 0.2) is 23.4 Å². The van der Waals surface area contributed by atoms with E-state index in [1.165, 1.54) is 16.3 Å². The minimum absolute atomic E-state index is 0.137. The number of rotatable bonds is 9. The van der Waals surface area contributed by atoms with Gasteiger partial charge in [0.05, 0.1) is 26.0 Å². The molecule has 144 valence electrons. The van der Waals surface area contributed by atoms with Crippen molar-refractivity contribution in [1.82, 2.24) is 20.1 Å². The summed E-state index contributed by atoms with van der Waals surface area (Å²) in [6.07, 6.45) is 0.631. The minimum Gasteiger partial charge on any atom is -0.493 e. The van der Waals surface area contributed by atoms with E-state index >= 15 is 0 Å². The molecule has 0 spiro atoms. The van der Waals surface area contributed by atoms with Gasteiger partial charge in [-0.3, -0.25) is 9.36 Å². The molecule has 0 aliphatic rings. The van der Waals surface area contributed by atoms with Crippen molar-refractivity contribution in [2.45, 2.75) is 24.5 Å². The normalized spacial score (nSPS) is 11.5. The molecule has 10 heteroatoms. The zero-order valence-electron chi connectivity index (χ0n) is 15.4. The third kappa shape index (κ3) is 5.04. The summed E-state index contributed by atoms with van der Waals surface area (Å²) < 4.78 is 12.0. The average Bonchev–Trinajstić information content (AvgIpc) is 3.05. The van der Waals surface area contributed by atoms with Crippen LogP contribution in [0.3, 0.4) is 0 Å². The van der Waals surface area contributed by atoms with Crippen molar-refractivity contribution in [3.63, 3.8) is 0 Å². The number of ether oxygens (including phenoxy) is 2. The van der Waals surface area contributed by atoms with E-state index in [0.29, 0.717) is 29.6 Å². The van der Waals surface area contributed by atoms with E-state index in [2.05, 4.69) is 15.5 Å². The SMILES string of the molecule is COc1ccc(CCNC(=O)C(C)n2c(N)nnc2SCC#N)cc1OC. The van der Waals surface area contributed by atoms with Crippen LogP contribution in [0.25, 0.3) is 0 Å². The van der Waals surface area contributed by atoms with Crippen molar-refractivity contribution in [3.05, 3.63) is 23.8 Å². The largest absolute Gasteiger partial charge is 0.493 e. The van der Waals surface area contributed by atoms with Crippen LogP contribution < -0.4 is 20.5 Å². The molecule has 0 bridgehead atoms. The van der Waals surface area contributed by atoms with Gasteiger partial charge in [-0.2, -0.15) is 5.26 Å². The van der Waals surface area contributed by atoms with Crippen molar-refractivity contribution in [1.29, 1.82) is 5.26 Å². The number of anilines is 1. The summed E-state index contributed by atoms with van der Waals surface area (Å²) in [5, 5.41) is 19.7. The van der Waals surface area contributed by atoms with Gasteiger partial charge in [-0.05, 0) is 31.0 Å². The van der Waals surface area contributed by atoms with Crippen molar-refractivity contribution in [2.24, 2.45) is 0 Å². The van der Waals surface area contributed by atoms with Crippen molar-refractivity contribution in [3.8, 4) is 17.6 Å². The molecule has 0 fully saturated rings. The van der Waals surface area contributed by atoms with Gasteiger partial charge in [-0.15, -0.1) is 10.2 Å². The molecule has 1 aromatic carbocycles. The van der Waals surface area contributed by atoms with Crippen LogP contribution in [0.1, 0.15) is 18.5 Å². The number of carbonyl (C=O) groups excluding carboxylic acids is 1. The fourth-order valence-corrected chi connectivity index (χ4v) is 3.16. The van der Waals surface area contributed by atoms with Crippen LogP contribution in [0.2, 0.25) is 0 Å². The monoisotopic (exact) mass is 390 g/mol. The first-order chi connectivity index (χ1) is 13.0. The smallest absolute Gasteiger partial charge is 0.243 e. The molecule has 9 nitrogen and oxygen atoms in total. The Morgan fingerprint density at radius 3 is 2.78 bits per heavy atom. The maximum absolute atomic E-state index is 12.5. The van der Waals surface area contributed by atoms with Crippen LogP contribution in [0, 0.1) is 11.3 Å². The zero-order chi connectivity index (χ0) is 19.8. The van der Waals surface area contributed by atoms with E-state index in [9.17, 15) is 4.79 Å². The number of nitrogens with zero attached hydrogens (tertiary/aromatic N) is 4. The van der Waals surface area contributed by atoms with Gasteiger partial charge in [-0.1, -0.05) is 17.8 Å². The van der Waals surface area contributed by atoms with Crippen LogP contribution in [0.4, 0.5) is 5.95 Å². The standard InChI is InChI=1S/C17H22N6O3S/c1-11(23-16(19)21-22-17(23)27-9-7-18)15(24)20-8-6-12-4-5-13(25-2)14(10-12)26-3/h4-5,10-11H,6,8-9H2,1-3H3,(H2,19,21)(H,20,24). The molecule has 1 atom stereocenters. The summed E-state index contributed by atoms with van der Waals surface area (Å²) in [7, 11) is 3.16. The quantitative estimate of drug-likeness (QED) is 0.615. The molecule has 27 heavy (non-hydrogen) atoms. The average molecular weight is 390 g/mol. The number of nitrogens with one attached hydrogen (secondary N) is 1. The summed E-state index contributed by atoms with van der Waals surface area (Å²) in [6.45, 7) is 2.16. The van der Waals surface area contributed by atoms with E-state index in [4.69, 9.17) is 20.5 Å². The van der Waals surface area contributed by atoms with Crippen LogP contribution >= 0.6 is 11.8 Å². The summed E-state index contributed by atoms with van der Waals surface area (Å²) in [5.74, 6) is 1.43. The highest BCUT2D eigenvalue weighted by Crippen LogP contribution is 2.27. The molecule has 0 saturated carbocycles. The van der Waals surface area contributed by atoms with Crippen LogP contribution in [-0.4, -0.2) is 47.2 Å². The first kappa shape index (κ1) is 20.4. The number of nitrogen functional groups attached to an aromatic ring is 1. The maximum Gasteiger partial charge on any atom is 0.243 e. The van der Waals surface area contributed by atoms with E-state index in [-0.39, 0.29) is 17.6 Å². The number of nitriles is 1. The fourth-order valence-electron chi connectivity index (χ4n) is 2.48. The number of hydrogen-bond donors (Lipinski definition) is 2. The van der Waals surface area contributed by atoms with Crippen LogP contribution in [-0.2, 0) is 11.2 Å². The molecule has 1 amide bonds. The molecule has 1 heterocycles. The Morgan fingerprint density at radius 1 is 1.37 bits per heavy atom. The van der Waals surface area contributed by atoms with Gasteiger partial charge < -0.3 is 20.5 Å². The molecule has 0 radical (unpaired) electrons. The van der Waals surface area contributed by atoms with Gasteiger partial charge in [0.15, 0.2) is 16.7 Å². The van der Waals surface area contributed by atoms with Gasteiger partial charge in [-0.25, -0.2) is 0 Å². The first-order valence-electron chi connectivity index (χ1n) is 8.20. The lowest BCUT2D eigenvalue weighted by Gasteiger charge is -2.16. The minimum atomic E-state index is -0.591. The van der Waals surface area contributed by atoms with E-state index in [0.717, 1.165) is 5.56 Å². The molecule has 0 saturated heterocycles. The highest BCUT2D eigenvalue weighted by atomic mass is 32.2. The van der Waals surface area contributed by atoms with E-state index < -0.39 is 6.04 Å². The Labute approximate surface area is 161 Å². The third-order valence-electron chi connectivity index (χ3n) is 3.88. The zero-order valence-corrected chi connectivity index (χ0v) is 16.2. The Bertz CT molecular complexity index is 833. The number of benzene rings is 1. The summed E-state index contributed by atoms with van der Waals surface area (Å²) >= 11 is 1.18. The molecule has 3 N–H and O–H groups in total. The van der Waals surface area contributed by atoms with Crippen molar-refractivity contribution < 1.29 is 14.3 Å². The highest BCUT2D eigenvalue weighted by Gasteiger charge is 2.21. The van der Waals surface area contributed by atoms with Crippen molar-refractivity contribution >= 4 is 23.6 Å². The lowest BCUT2D eigenvalue weighted by atomic mass is 10.1. The number of carbonyl (C=O) groups is 1. The molecular formula is C17H22N6O3S. The lowest BCUT2D eigenvalue weighted by Crippen LogP contribution is -2.33. The summed E-state index contributed by atoms with van der Waals surface area (Å²) in [5.41, 5.74) is 6.83. The summed E-state index contributed by atoms with van der Waals surface area (Å²) in [4.78, 5) is 12.5. The van der Waals surface area contributed by atoms with Crippen molar-refractivity contribution in [2.75, 3.05) is 32.3 Å². The number of amides is 1. The number of aromatic nitrogens is 3. The van der Waals surface area contributed by atoms with E-state index in [1.54, 1.807) is 21.1 Å². The number of thioether (sulfide) groups is 1. The van der Waals surface area contributed by atoms with E-state index in [1.807, 2.05) is 24.3 Å². The van der Waals surface area contributed by atoms with Gasteiger partial charge in [0.2, 0.25) is 11.9 Å². The van der Waals surface area contributed by atoms with Crippen LogP contribution in [0.5, 0.6) is 11.5 Å². The van der Waals surface area contributed by atoms with Gasteiger partial charge in [0.25, 0.3) is 0 Å². The third-order valence-corrected chi connectivity index (χ3v) is 4.69. The van der Waals surface area contributed by atoms with Gasteiger partial charge >= 0.3 is 0 Å². The number of hydrogen-bond acceptors (Lipinski definition) is 8. The Hall–Kier alpha value is -2.93. The Balaban J connectivity index is 1.96. The predicted octanol–water partition coefficient (Wildman–Crippen LogP) is 1.41. The molecule has 2 rings (SSSR count). The molecule has 0 aliphatic carbocycles. The lowest BCUT2D eigenvalue weighted by molar-refractivity contribution is -0.123. The van der Waals surface area contributed by atoms with Gasteiger partial charge in [0, 0.05) is 6.54 Å². The molecule has 1 unspecified atom stereocenters. The maximum atomic E-state index is 12.5. The Kier molecular flexibility index (Phi) is 7.31. The molecular weight excluding hydrogens is 368 g/mol. The second-order valence-corrected chi connectivity index (χ2v) is 6.51. The predicted molar refractivity (Wildman–Crippen MR) is 102 cm³/mol.